The number of aliphatic hydroxyl groups excluding tert-OH is 1. The molecule has 5 N–H and O–H groups in total. The van der Waals surface area contributed by atoms with Gasteiger partial charge >= 0.3 is 19.7 Å². The number of ether oxygens (including phenoxy) is 2. The Morgan fingerprint density at radius 2 is 2.08 bits per heavy atom. The molecule has 0 spiro atoms. The number of carbonyl (C=O) groups excluding carboxylic acids is 1. The van der Waals surface area contributed by atoms with Crippen molar-refractivity contribution >= 4 is 36.7 Å². The van der Waals surface area contributed by atoms with Crippen molar-refractivity contribution in [3.8, 4) is 5.75 Å². The zero-order valence-corrected chi connectivity index (χ0v) is 22.8. The minimum Gasteiger partial charge on any atom is -0.480 e. The highest BCUT2D eigenvalue weighted by molar-refractivity contribution is 7.52. The summed E-state index contributed by atoms with van der Waals surface area (Å²) in [6, 6.07) is 5.29. The van der Waals surface area contributed by atoms with E-state index in [9.17, 15) is 24.4 Å². The van der Waals surface area contributed by atoms with Crippen LogP contribution in [0.25, 0.3) is 11.2 Å². The van der Waals surface area contributed by atoms with Crippen molar-refractivity contribution in [3.05, 3.63) is 42.5 Å². The summed E-state index contributed by atoms with van der Waals surface area (Å²) in [6.07, 6.45) is 0.475. The predicted octanol–water partition coefficient (Wildman–Crippen LogP) is 1.82. The maximum absolute atomic E-state index is 13.8. The van der Waals surface area contributed by atoms with Crippen molar-refractivity contribution in [1.29, 1.82) is 0 Å². The Kier molecular flexibility index (Phi) is 9.32. The van der Waals surface area contributed by atoms with Gasteiger partial charge in [0.2, 0.25) is 0 Å². The van der Waals surface area contributed by atoms with Crippen LogP contribution in [-0.4, -0.2) is 73.1 Å². The predicted molar refractivity (Wildman–Crippen MR) is 140 cm³/mol. The molecule has 1 saturated heterocycles. The van der Waals surface area contributed by atoms with E-state index in [1.54, 1.807) is 25.1 Å². The number of benzene rings is 1. The van der Waals surface area contributed by atoms with Crippen LogP contribution in [0, 0.1) is 0 Å². The molecule has 0 aliphatic carbocycles. The van der Waals surface area contributed by atoms with Gasteiger partial charge in [-0.1, -0.05) is 18.2 Å². The van der Waals surface area contributed by atoms with Gasteiger partial charge in [0.1, 0.15) is 29.7 Å². The zero-order chi connectivity index (χ0) is 28.9. The summed E-state index contributed by atoms with van der Waals surface area (Å²) in [5.41, 5.74) is 7.10. The van der Waals surface area contributed by atoms with Crippen molar-refractivity contribution in [1.82, 2.24) is 24.6 Å². The molecule has 0 bridgehead atoms. The number of nitrogens with one attached hydrogen (secondary N) is 1. The summed E-state index contributed by atoms with van der Waals surface area (Å²) in [5, 5.41) is 22.5. The number of hydrogen-bond donors (Lipinski definition) is 4. The topological polar surface area (TPSA) is 210 Å². The molecule has 0 saturated carbocycles. The van der Waals surface area contributed by atoms with Crippen LogP contribution in [-0.2, 0) is 34.6 Å². The van der Waals surface area contributed by atoms with Gasteiger partial charge in [-0.05, 0) is 31.9 Å². The molecule has 0 radical (unpaired) electrons. The number of aryl methyl sites for hydroxylation is 1. The number of carboxylic acid groups (broad SMARTS) is 1. The monoisotopic (exact) mass is 578 g/mol. The van der Waals surface area contributed by atoms with E-state index >= 15 is 0 Å². The van der Waals surface area contributed by atoms with Gasteiger partial charge < -0.3 is 29.9 Å². The molecule has 1 aliphatic heterocycles. The van der Waals surface area contributed by atoms with E-state index in [2.05, 4.69) is 20.0 Å². The molecule has 4 rings (SSSR count). The van der Waals surface area contributed by atoms with Crippen LogP contribution in [0.15, 0.2) is 36.9 Å². The minimum absolute atomic E-state index is 0.0625. The summed E-state index contributed by atoms with van der Waals surface area (Å²) in [5.74, 6) is -1.35. The van der Waals surface area contributed by atoms with Gasteiger partial charge in [-0.2, -0.15) is 5.09 Å². The Morgan fingerprint density at radius 3 is 2.83 bits per heavy atom. The molecular weight excluding hydrogens is 547 g/mol. The average molecular weight is 579 g/mol. The van der Waals surface area contributed by atoms with Gasteiger partial charge in [0, 0.05) is 12.8 Å². The molecule has 40 heavy (non-hydrogen) atoms. The van der Waals surface area contributed by atoms with Crippen LogP contribution in [0.2, 0.25) is 0 Å². The van der Waals surface area contributed by atoms with Crippen molar-refractivity contribution in [2.45, 2.75) is 57.6 Å². The summed E-state index contributed by atoms with van der Waals surface area (Å²) >= 11 is 0. The zero-order valence-electron chi connectivity index (χ0n) is 21.9. The lowest BCUT2D eigenvalue weighted by Gasteiger charge is -2.24. The van der Waals surface area contributed by atoms with E-state index in [0.717, 1.165) is 0 Å². The number of fused-ring (bicyclic) bond motifs is 1. The summed E-state index contributed by atoms with van der Waals surface area (Å²) in [4.78, 5) is 35.6. The number of hydrogen-bond acceptors (Lipinski definition) is 12. The maximum Gasteiger partial charge on any atom is 0.459 e. The second kappa shape index (κ2) is 12.7. The third-order valence-corrected chi connectivity index (χ3v) is 7.70. The summed E-state index contributed by atoms with van der Waals surface area (Å²) in [7, 11) is -4.30. The van der Waals surface area contributed by atoms with Gasteiger partial charge in [-0.15, -0.1) is 0 Å². The summed E-state index contributed by atoms with van der Waals surface area (Å²) < 4.78 is 37.6. The molecule has 15 nitrogen and oxygen atoms in total. The third kappa shape index (κ3) is 6.92. The lowest BCUT2D eigenvalue weighted by molar-refractivity contribution is -0.143. The number of nitrogen functional groups attached to an aromatic ring is 1. The number of carbonyl (C=O) groups is 2. The lowest BCUT2D eigenvalue weighted by atomic mass is 10.1. The molecule has 3 aromatic rings. The quantitative estimate of drug-likeness (QED) is 0.168. The Bertz CT molecular complexity index is 1400. The first kappa shape index (κ1) is 29.4. The van der Waals surface area contributed by atoms with Gasteiger partial charge in [0.25, 0.3) is 0 Å². The number of aromatic nitrogens is 4. The molecule has 1 fully saturated rings. The van der Waals surface area contributed by atoms with Crippen LogP contribution in [0.4, 0.5) is 5.82 Å². The van der Waals surface area contributed by atoms with Gasteiger partial charge in [0.15, 0.2) is 17.7 Å². The Morgan fingerprint density at radius 1 is 1.30 bits per heavy atom. The fourth-order valence-corrected chi connectivity index (χ4v) is 5.67. The second-order valence-electron chi connectivity index (χ2n) is 9.02. The number of esters is 1. The smallest absolute Gasteiger partial charge is 0.459 e. The first-order valence-corrected chi connectivity index (χ1v) is 14.1. The Labute approximate surface area is 229 Å². The number of nitrogens with zero attached hydrogens (tertiary/aromatic N) is 4. The van der Waals surface area contributed by atoms with E-state index in [1.165, 1.54) is 30.2 Å². The third-order valence-electron chi connectivity index (χ3n) is 6.07. The molecule has 216 valence electrons. The number of rotatable bonds is 13. The maximum atomic E-state index is 13.8. The fourth-order valence-electron chi connectivity index (χ4n) is 4.11. The lowest BCUT2D eigenvalue weighted by Crippen LogP contribution is -2.34. The first-order valence-electron chi connectivity index (χ1n) is 12.5. The van der Waals surface area contributed by atoms with E-state index in [4.69, 9.17) is 24.3 Å². The number of nitrogens with two attached hydrogens (primary N) is 1. The molecular formula is C24H31N6O9P. The molecule has 3 heterocycles. The number of carboxylic acids is 1. The van der Waals surface area contributed by atoms with Crippen LogP contribution in [0.1, 0.15) is 38.5 Å². The highest BCUT2D eigenvalue weighted by Crippen LogP contribution is 2.47. The molecule has 16 heteroatoms. The second-order valence-corrected chi connectivity index (χ2v) is 10.7. The van der Waals surface area contributed by atoms with Crippen molar-refractivity contribution in [2.24, 2.45) is 0 Å². The number of imidazole rings is 1. The van der Waals surface area contributed by atoms with E-state index in [-0.39, 0.29) is 44.0 Å². The normalized spacial score (nSPS) is 21.1. The van der Waals surface area contributed by atoms with Crippen molar-refractivity contribution < 1.29 is 42.9 Å². The number of aliphatic carboxylic acids is 1. The Hall–Kier alpha value is -3.62. The van der Waals surface area contributed by atoms with E-state index in [1.807, 2.05) is 0 Å². The largest absolute Gasteiger partial charge is 0.480 e. The van der Waals surface area contributed by atoms with Gasteiger partial charge in [0.05, 0.1) is 25.6 Å². The molecule has 0 amide bonds. The van der Waals surface area contributed by atoms with Crippen LogP contribution in [0.5, 0.6) is 5.75 Å². The molecule has 4 unspecified atom stereocenters. The number of anilines is 1. The highest BCUT2D eigenvalue weighted by atomic mass is 31.2. The van der Waals surface area contributed by atoms with Crippen LogP contribution < -0.4 is 15.3 Å². The fraction of sp³-hybridized carbons (Fsp3) is 0.458. The van der Waals surface area contributed by atoms with E-state index < -0.39 is 44.2 Å². The number of aliphatic hydroxyl groups is 1. The molecule has 1 aliphatic rings. The summed E-state index contributed by atoms with van der Waals surface area (Å²) in [6.45, 7) is 2.93. The molecule has 5 atom stereocenters. The van der Waals surface area contributed by atoms with E-state index in [0.29, 0.717) is 16.7 Å². The van der Waals surface area contributed by atoms with Gasteiger partial charge in [-0.25, -0.2) is 19.5 Å². The highest BCUT2D eigenvalue weighted by Gasteiger charge is 2.39. The SMILES string of the molecule is CCOC(=O)CCc1ccccc1OP(=O)(NC(C)C(=O)O)OCC1CC(O)[C@H](n2cnc3c(N)ncnc32)O1. The van der Waals surface area contributed by atoms with Crippen molar-refractivity contribution in [2.75, 3.05) is 18.9 Å². The van der Waals surface area contributed by atoms with Crippen LogP contribution in [0.3, 0.4) is 0 Å². The molecule has 2 aromatic heterocycles. The first-order chi connectivity index (χ1) is 19.1. The number of para-hydroxylation sites is 1. The molecule has 1 aromatic carbocycles. The standard InChI is InChI=1S/C24H31N6O9P/c1-3-36-19(32)9-8-15-6-4-5-7-18(15)39-40(35,29-14(2)24(33)34)37-11-16-10-17(31)23(38-16)30-13-28-20-21(25)26-12-27-22(20)30/h4-7,12-14,16-17,23,31H,3,8-11H2,1-2H3,(H,29,35)(H,33,34)(H2,25,26,27)/t14?,16?,17?,23-,40?/m1/s1. The average Bonchev–Trinajstić information content (AvgIpc) is 3.51. The van der Waals surface area contributed by atoms with Gasteiger partial charge in [-0.3, -0.25) is 18.7 Å². The van der Waals surface area contributed by atoms with Crippen molar-refractivity contribution in [3.63, 3.8) is 0 Å². The van der Waals surface area contributed by atoms with Crippen LogP contribution >= 0.6 is 7.75 Å². The minimum atomic E-state index is -4.30. The Balaban J connectivity index is 1.48.